The maximum absolute atomic E-state index is 10.9. The third kappa shape index (κ3) is 4.22. The monoisotopic (exact) mass is 269 g/mol. The number of carbonyl (C=O) groups excluding carboxylic acids is 1. The third-order valence-corrected chi connectivity index (χ3v) is 2.45. The second-order valence-electron chi connectivity index (χ2n) is 3.83. The smallest absolute Gasteiger partial charge is 0.308 e. The van der Waals surface area contributed by atoms with E-state index in [1.165, 1.54) is 32.2 Å². The molecule has 0 fully saturated rings. The molecular weight excluding hydrogens is 254 g/mol. The number of hydrogen-bond acceptors (Lipinski definition) is 6. The van der Waals surface area contributed by atoms with Crippen LogP contribution in [0.2, 0.25) is 0 Å². The first kappa shape index (κ1) is 14.9. The van der Waals surface area contributed by atoms with E-state index in [-0.39, 0.29) is 18.7 Å². The van der Waals surface area contributed by atoms with Gasteiger partial charge in [-0.15, -0.1) is 0 Å². The highest BCUT2D eigenvalue weighted by Crippen LogP contribution is 2.29. The SMILES string of the molecule is COC(=O)CCOc1ccc([N+](=O)[O-])cc1C(C)O. The first-order valence-corrected chi connectivity index (χ1v) is 5.61. The summed E-state index contributed by atoms with van der Waals surface area (Å²) < 4.78 is 9.78. The Morgan fingerprint density at radius 3 is 2.74 bits per heavy atom. The van der Waals surface area contributed by atoms with E-state index in [4.69, 9.17) is 4.74 Å². The molecule has 0 heterocycles. The number of nitro benzene ring substituents is 1. The van der Waals surface area contributed by atoms with Crippen molar-refractivity contribution in [2.45, 2.75) is 19.4 Å². The first-order chi connectivity index (χ1) is 8.95. The van der Waals surface area contributed by atoms with Crippen molar-refractivity contribution in [3.8, 4) is 5.75 Å². The Bertz CT molecular complexity index is 471. The average molecular weight is 269 g/mol. The summed E-state index contributed by atoms with van der Waals surface area (Å²) in [6.45, 7) is 1.55. The molecule has 0 aliphatic heterocycles. The van der Waals surface area contributed by atoms with Crippen molar-refractivity contribution in [1.29, 1.82) is 0 Å². The Hall–Kier alpha value is -2.15. The summed E-state index contributed by atoms with van der Waals surface area (Å²) in [5.74, 6) is -0.106. The molecule has 1 rings (SSSR count). The minimum Gasteiger partial charge on any atom is -0.493 e. The highest BCUT2D eigenvalue weighted by molar-refractivity contribution is 5.69. The van der Waals surface area contributed by atoms with Crippen molar-refractivity contribution in [1.82, 2.24) is 0 Å². The molecule has 0 aliphatic carbocycles. The molecule has 1 unspecified atom stereocenters. The third-order valence-electron chi connectivity index (χ3n) is 2.45. The standard InChI is InChI=1S/C12H15NO6/c1-8(14)10-7-9(13(16)17)3-4-11(10)19-6-5-12(15)18-2/h3-4,7-8,14H,5-6H2,1-2H3. The molecule has 0 aromatic heterocycles. The van der Waals surface area contributed by atoms with Crippen LogP contribution in [-0.4, -0.2) is 29.7 Å². The quantitative estimate of drug-likeness (QED) is 0.478. The van der Waals surface area contributed by atoms with E-state index >= 15 is 0 Å². The summed E-state index contributed by atoms with van der Waals surface area (Å²) in [4.78, 5) is 21.0. The van der Waals surface area contributed by atoms with Gasteiger partial charge in [0, 0.05) is 17.7 Å². The van der Waals surface area contributed by atoms with Crippen LogP contribution in [-0.2, 0) is 9.53 Å². The summed E-state index contributed by atoms with van der Waals surface area (Å²) in [6.07, 6.45) is -0.847. The maximum Gasteiger partial charge on any atom is 0.308 e. The lowest BCUT2D eigenvalue weighted by Crippen LogP contribution is -2.09. The molecule has 104 valence electrons. The summed E-state index contributed by atoms with van der Waals surface area (Å²) in [5, 5.41) is 20.2. The largest absolute Gasteiger partial charge is 0.493 e. The number of benzene rings is 1. The number of rotatable bonds is 6. The van der Waals surface area contributed by atoms with Gasteiger partial charge in [-0.1, -0.05) is 0 Å². The number of hydrogen-bond donors (Lipinski definition) is 1. The molecule has 0 bridgehead atoms. The second-order valence-corrected chi connectivity index (χ2v) is 3.83. The molecule has 1 aromatic rings. The molecule has 0 radical (unpaired) electrons. The van der Waals surface area contributed by atoms with E-state index < -0.39 is 17.0 Å². The van der Waals surface area contributed by atoms with Crippen molar-refractivity contribution in [3.63, 3.8) is 0 Å². The van der Waals surface area contributed by atoms with Crippen molar-refractivity contribution < 1.29 is 24.3 Å². The molecule has 7 nitrogen and oxygen atoms in total. The van der Waals surface area contributed by atoms with Gasteiger partial charge < -0.3 is 14.6 Å². The van der Waals surface area contributed by atoms with Gasteiger partial charge in [0.1, 0.15) is 5.75 Å². The normalized spacial score (nSPS) is 11.7. The zero-order valence-electron chi connectivity index (χ0n) is 10.7. The van der Waals surface area contributed by atoms with Crippen LogP contribution in [0.3, 0.4) is 0 Å². The maximum atomic E-state index is 10.9. The van der Waals surface area contributed by atoms with Gasteiger partial charge in [-0.25, -0.2) is 0 Å². The number of nitro groups is 1. The van der Waals surface area contributed by atoms with Crippen LogP contribution < -0.4 is 4.74 Å². The molecule has 7 heteroatoms. The zero-order chi connectivity index (χ0) is 14.4. The Balaban J connectivity index is 2.82. The Morgan fingerprint density at radius 1 is 1.53 bits per heavy atom. The number of aliphatic hydroxyl groups excluding tert-OH is 1. The van der Waals surface area contributed by atoms with Crippen LogP contribution in [0.4, 0.5) is 5.69 Å². The molecule has 1 atom stereocenters. The van der Waals surface area contributed by atoms with Crippen LogP contribution in [0.5, 0.6) is 5.75 Å². The van der Waals surface area contributed by atoms with Gasteiger partial charge in [-0.3, -0.25) is 14.9 Å². The van der Waals surface area contributed by atoms with Gasteiger partial charge >= 0.3 is 5.97 Å². The highest BCUT2D eigenvalue weighted by atomic mass is 16.6. The van der Waals surface area contributed by atoms with Gasteiger partial charge in [-0.2, -0.15) is 0 Å². The lowest BCUT2D eigenvalue weighted by atomic mass is 10.1. The van der Waals surface area contributed by atoms with Gasteiger partial charge in [-0.05, 0) is 13.0 Å². The highest BCUT2D eigenvalue weighted by Gasteiger charge is 2.15. The van der Waals surface area contributed by atoms with Crippen molar-refractivity contribution in [3.05, 3.63) is 33.9 Å². The molecular formula is C12H15NO6. The lowest BCUT2D eigenvalue weighted by Gasteiger charge is -2.12. The van der Waals surface area contributed by atoms with Crippen molar-refractivity contribution in [2.24, 2.45) is 0 Å². The molecule has 0 amide bonds. The van der Waals surface area contributed by atoms with E-state index in [1.54, 1.807) is 0 Å². The molecule has 1 N–H and O–H groups in total. The molecule has 0 saturated carbocycles. The topological polar surface area (TPSA) is 98.9 Å². The van der Waals surface area contributed by atoms with Crippen molar-refractivity contribution in [2.75, 3.05) is 13.7 Å². The van der Waals surface area contributed by atoms with Crippen LogP contribution in [0.25, 0.3) is 0 Å². The fraction of sp³-hybridized carbons (Fsp3) is 0.417. The van der Waals surface area contributed by atoms with E-state index in [2.05, 4.69) is 4.74 Å². The van der Waals surface area contributed by atoms with Crippen LogP contribution in [0, 0.1) is 10.1 Å². The number of methoxy groups -OCH3 is 1. The average Bonchev–Trinajstić information content (AvgIpc) is 2.38. The summed E-state index contributed by atoms with van der Waals surface area (Å²) >= 11 is 0. The molecule has 0 spiro atoms. The predicted octanol–water partition coefficient (Wildman–Crippen LogP) is 1.59. The number of nitrogens with zero attached hydrogens (tertiary/aromatic N) is 1. The van der Waals surface area contributed by atoms with E-state index in [0.717, 1.165) is 0 Å². The van der Waals surface area contributed by atoms with Gasteiger partial charge in [0.05, 0.1) is 31.2 Å². The zero-order valence-corrected chi connectivity index (χ0v) is 10.7. The van der Waals surface area contributed by atoms with E-state index in [9.17, 15) is 20.0 Å². The Kier molecular flexibility index (Phi) is 5.25. The lowest BCUT2D eigenvalue weighted by molar-refractivity contribution is -0.385. The van der Waals surface area contributed by atoms with Crippen LogP contribution >= 0.6 is 0 Å². The van der Waals surface area contributed by atoms with Crippen LogP contribution in [0.15, 0.2) is 18.2 Å². The van der Waals surface area contributed by atoms with Gasteiger partial charge in [0.2, 0.25) is 0 Å². The molecule has 0 aliphatic rings. The minimum atomic E-state index is -0.909. The van der Waals surface area contributed by atoms with Gasteiger partial charge in [0.15, 0.2) is 0 Å². The molecule has 0 saturated heterocycles. The minimum absolute atomic E-state index is 0.0622. The van der Waals surface area contributed by atoms with Gasteiger partial charge in [0.25, 0.3) is 5.69 Å². The van der Waals surface area contributed by atoms with E-state index in [1.807, 2.05) is 0 Å². The Morgan fingerprint density at radius 2 is 2.21 bits per heavy atom. The van der Waals surface area contributed by atoms with Crippen LogP contribution in [0.1, 0.15) is 25.0 Å². The summed E-state index contributed by atoms with van der Waals surface area (Å²) in [5.41, 5.74) is 0.176. The number of ether oxygens (including phenoxy) is 2. The van der Waals surface area contributed by atoms with E-state index in [0.29, 0.717) is 11.3 Å². The molecule has 19 heavy (non-hydrogen) atoms. The number of carbonyl (C=O) groups is 1. The number of aliphatic hydroxyl groups is 1. The fourth-order valence-corrected chi connectivity index (χ4v) is 1.45. The predicted molar refractivity (Wildman–Crippen MR) is 65.9 cm³/mol. The molecule has 1 aromatic carbocycles. The summed E-state index contributed by atoms with van der Waals surface area (Å²) in [6, 6.07) is 3.93. The van der Waals surface area contributed by atoms with Crippen molar-refractivity contribution >= 4 is 11.7 Å². The second kappa shape index (κ2) is 6.69. The Labute approximate surface area is 109 Å². The number of non-ortho nitro benzene ring substituents is 1. The first-order valence-electron chi connectivity index (χ1n) is 5.61. The fourth-order valence-electron chi connectivity index (χ4n) is 1.45. The summed E-state index contributed by atoms with van der Waals surface area (Å²) in [7, 11) is 1.27. The number of esters is 1.